The van der Waals surface area contributed by atoms with Gasteiger partial charge in [0.2, 0.25) is 0 Å². The highest BCUT2D eigenvalue weighted by atomic mass is 32.1. The normalized spacial score (nSPS) is 13.1. The summed E-state index contributed by atoms with van der Waals surface area (Å²) in [5.41, 5.74) is 0. The van der Waals surface area contributed by atoms with Crippen LogP contribution >= 0.6 is 11.3 Å². The van der Waals surface area contributed by atoms with Crippen molar-refractivity contribution in [2.75, 3.05) is 7.11 Å². The van der Waals surface area contributed by atoms with Crippen molar-refractivity contribution in [1.82, 2.24) is 4.57 Å². The van der Waals surface area contributed by atoms with Crippen molar-refractivity contribution in [3.63, 3.8) is 0 Å². The van der Waals surface area contributed by atoms with Gasteiger partial charge in [0.1, 0.15) is 11.5 Å². The van der Waals surface area contributed by atoms with Crippen LogP contribution in [-0.4, -0.2) is 23.7 Å². The van der Waals surface area contributed by atoms with Crippen LogP contribution in [-0.2, 0) is 11.8 Å². The molecule has 2 aromatic rings. The Balaban J connectivity index is 2.06. The lowest BCUT2D eigenvalue weighted by Gasteiger charge is -2.11. The topological polar surface area (TPSA) is 52.8 Å². The first-order chi connectivity index (χ1) is 9.60. The van der Waals surface area contributed by atoms with Gasteiger partial charge in [0.05, 0.1) is 7.11 Å². The zero-order valence-corrected chi connectivity index (χ0v) is 12.4. The molecule has 0 spiro atoms. The SMILES string of the molecule is COc1ccc(O[C@H](C)C(=O)N=c2sccn2C)cc1. The number of amides is 1. The second-order valence-corrected chi connectivity index (χ2v) is 5.06. The van der Waals surface area contributed by atoms with Gasteiger partial charge in [0, 0.05) is 18.6 Å². The number of nitrogens with zero attached hydrogens (tertiary/aromatic N) is 2. The molecule has 20 heavy (non-hydrogen) atoms. The number of aryl methyl sites for hydroxylation is 1. The second-order valence-electron chi connectivity index (χ2n) is 4.18. The molecule has 0 fully saturated rings. The fourth-order valence-electron chi connectivity index (χ4n) is 1.53. The Labute approximate surface area is 121 Å². The van der Waals surface area contributed by atoms with Crippen LogP contribution in [0, 0.1) is 0 Å². The predicted octanol–water partition coefficient (Wildman–Crippen LogP) is 1.99. The number of hydrogen-bond acceptors (Lipinski definition) is 4. The van der Waals surface area contributed by atoms with E-state index >= 15 is 0 Å². The maximum atomic E-state index is 12.0. The molecule has 0 saturated carbocycles. The van der Waals surface area contributed by atoms with Gasteiger partial charge in [-0.05, 0) is 31.2 Å². The first-order valence-electron chi connectivity index (χ1n) is 6.09. The number of methoxy groups -OCH3 is 1. The third kappa shape index (κ3) is 3.48. The molecule has 1 atom stereocenters. The molecule has 0 bridgehead atoms. The molecule has 0 aliphatic carbocycles. The van der Waals surface area contributed by atoms with E-state index in [2.05, 4.69) is 4.99 Å². The van der Waals surface area contributed by atoms with Crippen LogP contribution in [0.4, 0.5) is 0 Å². The number of ether oxygens (including phenoxy) is 2. The molecule has 1 heterocycles. The zero-order chi connectivity index (χ0) is 14.5. The van der Waals surface area contributed by atoms with Gasteiger partial charge < -0.3 is 14.0 Å². The average molecular weight is 292 g/mol. The fourth-order valence-corrected chi connectivity index (χ4v) is 2.26. The van der Waals surface area contributed by atoms with E-state index in [0.717, 1.165) is 5.75 Å². The molecule has 1 aromatic carbocycles. The van der Waals surface area contributed by atoms with Crippen LogP contribution in [0.25, 0.3) is 0 Å². The monoisotopic (exact) mass is 292 g/mol. The molecule has 1 aromatic heterocycles. The number of carbonyl (C=O) groups excluding carboxylic acids is 1. The molecular weight excluding hydrogens is 276 g/mol. The fraction of sp³-hybridized carbons (Fsp3) is 0.286. The van der Waals surface area contributed by atoms with E-state index in [4.69, 9.17) is 9.47 Å². The molecule has 106 valence electrons. The van der Waals surface area contributed by atoms with Gasteiger partial charge in [-0.25, -0.2) is 0 Å². The molecule has 0 radical (unpaired) electrons. The summed E-state index contributed by atoms with van der Waals surface area (Å²) in [6.45, 7) is 1.68. The molecule has 0 N–H and O–H groups in total. The summed E-state index contributed by atoms with van der Waals surface area (Å²) in [7, 11) is 3.44. The van der Waals surface area contributed by atoms with Crippen LogP contribution in [0.3, 0.4) is 0 Å². The lowest BCUT2D eigenvalue weighted by atomic mass is 10.3. The summed E-state index contributed by atoms with van der Waals surface area (Å²) in [4.78, 5) is 16.7. The van der Waals surface area contributed by atoms with E-state index in [1.807, 2.05) is 18.6 Å². The van der Waals surface area contributed by atoms with E-state index in [1.165, 1.54) is 11.3 Å². The third-order valence-electron chi connectivity index (χ3n) is 2.69. The standard InChI is InChI=1S/C14H16N2O3S/c1-10(13(17)15-14-16(2)8-9-20-14)19-12-6-4-11(18-3)5-7-12/h4-10H,1-3H3/t10-/m1/s1. The minimum atomic E-state index is -0.634. The summed E-state index contributed by atoms with van der Waals surface area (Å²) in [5.74, 6) is 1.04. The Kier molecular flexibility index (Phi) is 4.57. The number of benzene rings is 1. The van der Waals surface area contributed by atoms with Gasteiger partial charge in [0.15, 0.2) is 10.9 Å². The van der Waals surface area contributed by atoms with Gasteiger partial charge in [-0.15, -0.1) is 11.3 Å². The van der Waals surface area contributed by atoms with Gasteiger partial charge in [0.25, 0.3) is 5.91 Å². The zero-order valence-electron chi connectivity index (χ0n) is 11.6. The van der Waals surface area contributed by atoms with Gasteiger partial charge in [-0.2, -0.15) is 4.99 Å². The van der Waals surface area contributed by atoms with Crippen LogP contribution in [0.2, 0.25) is 0 Å². The van der Waals surface area contributed by atoms with Crippen LogP contribution in [0.15, 0.2) is 40.8 Å². The Bertz CT molecular complexity index is 643. The Hall–Kier alpha value is -2.08. The molecular formula is C14H16N2O3S. The van der Waals surface area contributed by atoms with E-state index in [9.17, 15) is 4.79 Å². The van der Waals surface area contributed by atoms with Crippen LogP contribution in [0.5, 0.6) is 11.5 Å². The van der Waals surface area contributed by atoms with Crippen molar-refractivity contribution in [1.29, 1.82) is 0 Å². The van der Waals surface area contributed by atoms with Crippen LogP contribution in [0.1, 0.15) is 6.92 Å². The molecule has 0 aliphatic heterocycles. The second kappa shape index (κ2) is 6.38. The molecule has 5 nitrogen and oxygen atoms in total. The molecule has 0 saturated heterocycles. The van der Waals surface area contributed by atoms with Gasteiger partial charge >= 0.3 is 0 Å². The summed E-state index contributed by atoms with van der Waals surface area (Å²) < 4.78 is 12.4. The summed E-state index contributed by atoms with van der Waals surface area (Å²) in [6.07, 6.45) is 1.22. The third-order valence-corrected chi connectivity index (χ3v) is 3.53. The van der Waals surface area contributed by atoms with E-state index in [1.54, 1.807) is 42.9 Å². The highest BCUT2D eigenvalue weighted by molar-refractivity contribution is 7.07. The summed E-state index contributed by atoms with van der Waals surface area (Å²) >= 11 is 1.41. The summed E-state index contributed by atoms with van der Waals surface area (Å²) in [6, 6.07) is 7.08. The van der Waals surface area contributed by atoms with Crippen molar-refractivity contribution in [3.05, 3.63) is 40.6 Å². The minimum absolute atomic E-state index is 0.307. The predicted molar refractivity (Wildman–Crippen MR) is 76.9 cm³/mol. The van der Waals surface area contributed by atoms with Crippen molar-refractivity contribution >= 4 is 17.2 Å². The quantitative estimate of drug-likeness (QED) is 0.866. The highest BCUT2D eigenvalue weighted by Crippen LogP contribution is 2.18. The van der Waals surface area contributed by atoms with Crippen molar-refractivity contribution in [2.45, 2.75) is 13.0 Å². The molecule has 1 amide bonds. The lowest BCUT2D eigenvalue weighted by Crippen LogP contribution is -2.25. The highest BCUT2D eigenvalue weighted by Gasteiger charge is 2.14. The molecule has 0 unspecified atom stereocenters. The van der Waals surface area contributed by atoms with Crippen LogP contribution < -0.4 is 14.3 Å². The first-order valence-corrected chi connectivity index (χ1v) is 6.97. The number of rotatable bonds is 4. The largest absolute Gasteiger partial charge is 0.497 e. The van der Waals surface area contributed by atoms with Gasteiger partial charge in [-0.3, -0.25) is 4.79 Å². The van der Waals surface area contributed by atoms with E-state index < -0.39 is 6.10 Å². The average Bonchev–Trinajstić information content (AvgIpc) is 2.85. The Morgan fingerprint density at radius 3 is 2.50 bits per heavy atom. The maximum Gasteiger partial charge on any atom is 0.289 e. The number of hydrogen-bond donors (Lipinski definition) is 0. The smallest absolute Gasteiger partial charge is 0.289 e. The van der Waals surface area contributed by atoms with Crippen molar-refractivity contribution in [2.24, 2.45) is 12.0 Å². The Morgan fingerprint density at radius 2 is 1.95 bits per heavy atom. The minimum Gasteiger partial charge on any atom is -0.497 e. The maximum absolute atomic E-state index is 12.0. The van der Waals surface area contributed by atoms with E-state index in [0.29, 0.717) is 10.6 Å². The molecule has 0 aliphatic rings. The summed E-state index contributed by atoms with van der Waals surface area (Å²) in [5, 5.41) is 1.88. The number of thiazole rings is 1. The Morgan fingerprint density at radius 1 is 1.30 bits per heavy atom. The van der Waals surface area contributed by atoms with Gasteiger partial charge in [-0.1, -0.05) is 0 Å². The van der Waals surface area contributed by atoms with Crippen molar-refractivity contribution in [3.8, 4) is 11.5 Å². The van der Waals surface area contributed by atoms with E-state index in [-0.39, 0.29) is 5.91 Å². The van der Waals surface area contributed by atoms with Crippen molar-refractivity contribution < 1.29 is 14.3 Å². The molecule has 2 rings (SSSR count). The number of aromatic nitrogens is 1. The number of carbonyl (C=O) groups is 1. The lowest BCUT2D eigenvalue weighted by molar-refractivity contribution is -0.124. The molecule has 6 heteroatoms. The first kappa shape index (κ1) is 14.3.